The molecule has 2 rings (SSSR count). The SMILES string of the molecule is COC(=O)c1ccccc1N(CC(=O)Nc1ccccc1Cl)S(C)(=O)=O. The summed E-state index contributed by atoms with van der Waals surface area (Å²) in [6, 6.07) is 12.6. The molecular weight excluding hydrogens is 380 g/mol. The first-order valence-corrected chi connectivity index (χ1v) is 9.66. The number of carbonyl (C=O) groups excluding carboxylic acids is 2. The number of carbonyl (C=O) groups is 2. The normalized spacial score (nSPS) is 10.9. The molecule has 138 valence electrons. The monoisotopic (exact) mass is 396 g/mol. The number of methoxy groups -OCH3 is 1. The fourth-order valence-electron chi connectivity index (χ4n) is 2.24. The lowest BCUT2D eigenvalue weighted by Crippen LogP contribution is -2.38. The standard InChI is InChI=1S/C17H17ClN2O5S/c1-25-17(22)12-7-3-6-10-15(12)20(26(2,23)24)11-16(21)19-14-9-5-4-8-13(14)18/h3-10H,11H2,1-2H3,(H,19,21). The van der Waals surface area contributed by atoms with Crippen LogP contribution in [-0.2, 0) is 19.6 Å². The number of benzene rings is 2. The van der Waals surface area contributed by atoms with Gasteiger partial charge in [0.15, 0.2) is 0 Å². The predicted octanol–water partition coefficient (Wildman–Crippen LogP) is 2.53. The Kier molecular flexibility index (Phi) is 6.23. The van der Waals surface area contributed by atoms with E-state index in [4.69, 9.17) is 11.6 Å². The predicted molar refractivity (Wildman–Crippen MR) is 100 cm³/mol. The number of ether oxygens (including phenoxy) is 1. The molecule has 0 aromatic heterocycles. The Labute approximate surface area is 156 Å². The van der Waals surface area contributed by atoms with Crippen molar-refractivity contribution in [3.05, 3.63) is 59.1 Å². The lowest BCUT2D eigenvalue weighted by molar-refractivity contribution is -0.114. The van der Waals surface area contributed by atoms with Crippen LogP contribution in [0.5, 0.6) is 0 Å². The number of amides is 1. The molecule has 2 aromatic rings. The average Bonchev–Trinajstić information content (AvgIpc) is 2.60. The highest BCUT2D eigenvalue weighted by Crippen LogP contribution is 2.24. The van der Waals surface area contributed by atoms with Gasteiger partial charge in [-0.3, -0.25) is 9.10 Å². The van der Waals surface area contributed by atoms with Crippen LogP contribution in [0.2, 0.25) is 5.02 Å². The van der Waals surface area contributed by atoms with E-state index in [1.165, 1.54) is 19.2 Å². The summed E-state index contributed by atoms with van der Waals surface area (Å²) in [5, 5.41) is 2.87. The van der Waals surface area contributed by atoms with Crippen molar-refractivity contribution in [2.24, 2.45) is 0 Å². The van der Waals surface area contributed by atoms with Crippen molar-refractivity contribution in [3.8, 4) is 0 Å². The van der Waals surface area contributed by atoms with Gasteiger partial charge >= 0.3 is 5.97 Å². The van der Waals surface area contributed by atoms with E-state index in [0.717, 1.165) is 10.6 Å². The van der Waals surface area contributed by atoms with Gasteiger partial charge in [-0.05, 0) is 24.3 Å². The zero-order valence-electron chi connectivity index (χ0n) is 14.1. The lowest BCUT2D eigenvalue weighted by Gasteiger charge is -2.23. The largest absolute Gasteiger partial charge is 0.465 e. The topological polar surface area (TPSA) is 92.8 Å². The molecular formula is C17H17ClN2O5S. The van der Waals surface area contributed by atoms with Gasteiger partial charge in [-0.1, -0.05) is 35.9 Å². The third-order valence-corrected chi connectivity index (χ3v) is 4.87. The van der Waals surface area contributed by atoms with Crippen molar-refractivity contribution in [1.29, 1.82) is 0 Å². The van der Waals surface area contributed by atoms with E-state index in [-0.39, 0.29) is 11.3 Å². The highest BCUT2D eigenvalue weighted by Gasteiger charge is 2.25. The van der Waals surface area contributed by atoms with E-state index in [2.05, 4.69) is 10.1 Å². The Morgan fingerprint density at radius 2 is 1.73 bits per heavy atom. The molecule has 0 unspecified atom stereocenters. The summed E-state index contributed by atoms with van der Waals surface area (Å²) in [5.41, 5.74) is 0.441. The quantitative estimate of drug-likeness (QED) is 0.757. The van der Waals surface area contributed by atoms with Gasteiger partial charge in [-0.2, -0.15) is 0 Å². The molecule has 0 saturated carbocycles. The molecule has 0 aliphatic rings. The van der Waals surface area contributed by atoms with Crippen LogP contribution in [0.1, 0.15) is 10.4 Å². The Morgan fingerprint density at radius 3 is 2.35 bits per heavy atom. The minimum Gasteiger partial charge on any atom is -0.465 e. The summed E-state index contributed by atoms with van der Waals surface area (Å²) >= 11 is 5.99. The first-order valence-electron chi connectivity index (χ1n) is 7.43. The number of rotatable bonds is 6. The maximum atomic E-state index is 12.4. The average molecular weight is 397 g/mol. The van der Waals surface area contributed by atoms with Crippen LogP contribution in [-0.4, -0.2) is 40.2 Å². The van der Waals surface area contributed by atoms with Gasteiger partial charge in [0.1, 0.15) is 6.54 Å². The molecule has 0 bridgehead atoms. The molecule has 0 heterocycles. The highest BCUT2D eigenvalue weighted by atomic mass is 35.5. The molecule has 0 saturated heterocycles. The molecule has 0 aliphatic heterocycles. The number of hydrogen-bond acceptors (Lipinski definition) is 5. The number of sulfonamides is 1. The van der Waals surface area contributed by atoms with Gasteiger partial charge in [-0.15, -0.1) is 0 Å². The third-order valence-electron chi connectivity index (χ3n) is 3.41. The molecule has 7 nitrogen and oxygen atoms in total. The number of halogens is 1. The first kappa shape index (κ1) is 19.7. The summed E-state index contributed by atoms with van der Waals surface area (Å²) in [5.74, 6) is -1.32. The number of nitrogens with zero attached hydrogens (tertiary/aromatic N) is 1. The second-order valence-corrected chi connectivity index (χ2v) is 7.62. The second kappa shape index (κ2) is 8.20. The van der Waals surface area contributed by atoms with Crippen LogP contribution in [0.4, 0.5) is 11.4 Å². The zero-order valence-corrected chi connectivity index (χ0v) is 15.7. The van der Waals surface area contributed by atoms with E-state index in [0.29, 0.717) is 10.7 Å². The van der Waals surface area contributed by atoms with Crippen LogP contribution >= 0.6 is 11.6 Å². The number of hydrogen-bond donors (Lipinski definition) is 1. The first-order chi connectivity index (χ1) is 12.2. The van der Waals surface area contributed by atoms with Crippen LogP contribution in [0.15, 0.2) is 48.5 Å². The van der Waals surface area contributed by atoms with Gasteiger partial charge in [0.2, 0.25) is 15.9 Å². The van der Waals surface area contributed by atoms with Crippen molar-refractivity contribution in [2.45, 2.75) is 0 Å². The van der Waals surface area contributed by atoms with Crippen molar-refractivity contribution < 1.29 is 22.7 Å². The number of esters is 1. The number of nitrogens with one attached hydrogen (secondary N) is 1. The van der Waals surface area contributed by atoms with Crippen LogP contribution in [0.25, 0.3) is 0 Å². The minimum atomic E-state index is -3.85. The third kappa shape index (κ3) is 4.74. The Balaban J connectivity index is 2.34. The molecule has 0 atom stereocenters. The fraction of sp³-hybridized carbons (Fsp3) is 0.176. The summed E-state index contributed by atoms with van der Waals surface area (Å²) in [4.78, 5) is 24.3. The molecule has 9 heteroatoms. The van der Waals surface area contributed by atoms with Gasteiger partial charge in [0.05, 0.1) is 35.3 Å². The Hall–Kier alpha value is -2.58. The van der Waals surface area contributed by atoms with Crippen molar-refractivity contribution in [1.82, 2.24) is 0 Å². The number of anilines is 2. The van der Waals surface area contributed by atoms with Crippen LogP contribution in [0, 0.1) is 0 Å². The summed E-state index contributed by atoms with van der Waals surface area (Å²) < 4.78 is 30.0. The molecule has 0 spiro atoms. The van der Waals surface area contributed by atoms with Crippen molar-refractivity contribution >= 4 is 44.9 Å². The molecule has 1 N–H and O–H groups in total. The number of para-hydroxylation sites is 2. The fourth-order valence-corrected chi connectivity index (χ4v) is 3.29. The van der Waals surface area contributed by atoms with E-state index in [1.54, 1.807) is 36.4 Å². The lowest BCUT2D eigenvalue weighted by atomic mass is 10.2. The summed E-state index contributed by atoms with van der Waals surface area (Å²) in [6.45, 7) is -0.530. The highest BCUT2D eigenvalue weighted by molar-refractivity contribution is 7.92. The second-order valence-electron chi connectivity index (χ2n) is 5.31. The van der Waals surface area contributed by atoms with E-state index < -0.39 is 28.4 Å². The molecule has 0 aliphatic carbocycles. The van der Waals surface area contributed by atoms with Crippen molar-refractivity contribution in [2.75, 3.05) is 29.5 Å². The Morgan fingerprint density at radius 1 is 1.12 bits per heavy atom. The van der Waals surface area contributed by atoms with E-state index in [9.17, 15) is 18.0 Å². The minimum absolute atomic E-state index is 0.0333. The van der Waals surface area contributed by atoms with Crippen LogP contribution < -0.4 is 9.62 Å². The maximum Gasteiger partial charge on any atom is 0.340 e. The molecule has 0 fully saturated rings. The molecule has 0 radical (unpaired) electrons. The van der Waals surface area contributed by atoms with E-state index >= 15 is 0 Å². The summed E-state index contributed by atoms with van der Waals surface area (Å²) in [6.07, 6.45) is 0.948. The van der Waals surface area contributed by atoms with Crippen molar-refractivity contribution in [3.63, 3.8) is 0 Å². The Bertz CT molecular complexity index is 930. The van der Waals surface area contributed by atoms with Gasteiger partial charge in [-0.25, -0.2) is 13.2 Å². The maximum absolute atomic E-state index is 12.4. The molecule has 26 heavy (non-hydrogen) atoms. The van der Waals surface area contributed by atoms with Gasteiger partial charge in [0, 0.05) is 0 Å². The molecule has 1 amide bonds. The molecule has 2 aromatic carbocycles. The summed E-state index contributed by atoms with van der Waals surface area (Å²) in [7, 11) is -2.66. The van der Waals surface area contributed by atoms with Gasteiger partial charge in [0.25, 0.3) is 0 Å². The zero-order chi connectivity index (χ0) is 19.3. The van der Waals surface area contributed by atoms with Gasteiger partial charge < -0.3 is 10.1 Å². The smallest absolute Gasteiger partial charge is 0.340 e. The van der Waals surface area contributed by atoms with Crippen LogP contribution in [0.3, 0.4) is 0 Å². The van der Waals surface area contributed by atoms with E-state index in [1.807, 2.05) is 0 Å².